The maximum atomic E-state index is 12.7. The van der Waals surface area contributed by atoms with Crippen molar-refractivity contribution < 1.29 is 24.2 Å². The topological polar surface area (TPSA) is 115 Å². The number of phenolic OH excluding ortho intramolecular Hbond substituents is 1. The summed E-state index contributed by atoms with van der Waals surface area (Å²) in [5, 5.41) is 20.9. The molecule has 1 saturated carbocycles. The summed E-state index contributed by atoms with van der Waals surface area (Å²) in [5.41, 5.74) is 2.68. The van der Waals surface area contributed by atoms with E-state index in [1.54, 1.807) is 30.3 Å². The zero-order chi connectivity index (χ0) is 23.8. The molecule has 176 valence electrons. The van der Waals surface area contributed by atoms with Crippen molar-refractivity contribution in [3.05, 3.63) is 53.7 Å². The van der Waals surface area contributed by atoms with Gasteiger partial charge in [0, 0.05) is 34.8 Å². The number of carbonyl (C=O) groups excluding carboxylic acids is 2. The number of fused-ring (bicyclic) bond motifs is 1. The van der Waals surface area contributed by atoms with Crippen molar-refractivity contribution in [3.8, 4) is 28.5 Å². The molecule has 1 fully saturated rings. The average Bonchev–Trinajstić information content (AvgIpc) is 3.39. The lowest BCUT2D eigenvalue weighted by molar-refractivity contribution is 0.102. The molecule has 3 aromatic rings. The van der Waals surface area contributed by atoms with Gasteiger partial charge in [-0.2, -0.15) is 9.78 Å². The first-order valence-electron chi connectivity index (χ1n) is 11.3. The summed E-state index contributed by atoms with van der Waals surface area (Å²) in [7, 11) is 0. The molecule has 1 aromatic heterocycles. The van der Waals surface area contributed by atoms with Gasteiger partial charge in [0.25, 0.3) is 5.91 Å². The van der Waals surface area contributed by atoms with Crippen molar-refractivity contribution in [2.24, 2.45) is 0 Å². The number of phenols is 1. The molecule has 0 saturated heterocycles. The number of carbonyl (C=O) groups is 2. The Hall–Kier alpha value is -4.01. The lowest BCUT2D eigenvalue weighted by Gasteiger charge is -2.25. The van der Waals surface area contributed by atoms with E-state index in [4.69, 9.17) is 9.47 Å². The summed E-state index contributed by atoms with van der Waals surface area (Å²) in [6, 6.07) is 11.4. The van der Waals surface area contributed by atoms with Gasteiger partial charge in [0.15, 0.2) is 11.5 Å². The Labute approximate surface area is 196 Å². The van der Waals surface area contributed by atoms with Gasteiger partial charge in [0.1, 0.15) is 5.75 Å². The molecule has 2 aliphatic rings. The van der Waals surface area contributed by atoms with Crippen molar-refractivity contribution in [1.82, 2.24) is 15.1 Å². The van der Waals surface area contributed by atoms with E-state index < -0.39 is 0 Å². The molecule has 34 heavy (non-hydrogen) atoms. The first kappa shape index (κ1) is 21.8. The molecule has 9 heteroatoms. The highest BCUT2D eigenvalue weighted by molar-refractivity contribution is 6.05. The number of amides is 2. The van der Waals surface area contributed by atoms with Gasteiger partial charge in [-0.25, -0.2) is 4.79 Å². The minimum absolute atomic E-state index is 0.0181. The highest BCUT2D eigenvalue weighted by atomic mass is 16.7. The van der Waals surface area contributed by atoms with E-state index in [0.29, 0.717) is 34.0 Å². The molecule has 9 nitrogen and oxygen atoms in total. The maximum Gasteiger partial charge on any atom is 0.342 e. The molecule has 0 radical (unpaired) electrons. The fourth-order valence-corrected chi connectivity index (χ4v) is 4.06. The van der Waals surface area contributed by atoms with Crippen molar-refractivity contribution >= 4 is 17.6 Å². The van der Waals surface area contributed by atoms with Gasteiger partial charge in [-0.15, -0.1) is 0 Å². The van der Waals surface area contributed by atoms with Crippen LogP contribution in [0, 0.1) is 0 Å². The second kappa shape index (κ2) is 8.74. The zero-order valence-corrected chi connectivity index (χ0v) is 19.0. The Kier molecular flexibility index (Phi) is 5.61. The monoisotopic (exact) mass is 462 g/mol. The van der Waals surface area contributed by atoms with Crippen LogP contribution in [0.2, 0.25) is 0 Å². The second-order valence-electron chi connectivity index (χ2n) is 8.85. The van der Waals surface area contributed by atoms with Crippen LogP contribution in [-0.4, -0.2) is 39.7 Å². The van der Waals surface area contributed by atoms with Crippen LogP contribution in [0.5, 0.6) is 17.2 Å². The fraction of sp³-hybridized carbons (Fsp3) is 0.320. The number of aromatic nitrogens is 2. The van der Waals surface area contributed by atoms with Crippen LogP contribution in [0.4, 0.5) is 10.5 Å². The Morgan fingerprint density at radius 3 is 2.59 bits per heavy atom. The molecule has 2 amide bonds. The summed E-state index contributed by atoms with van der Waals surface area (Å²) in [5.74, 6) is 1.01. The number of anilines is 1. The minimum atomic E-state index is -0.340. The number of nitrogens with one attached hydrogen (secondary N) is 2. The third-order valence-corrected chi connectivity index (χ3v) is 6.03. The Morgan fingerprint density at radius 2 is 1.88 bits per heavy atom. The van der Waals surface area contributed by atoms with Gasteiger partial charge in [-0.05, 0) is 63.1 Å². The van der Waals surface area contributed by atoms with Crippen LogP contribution in [0.1, 0.15) is 55.1 Å². The van der Waals surface area contributed by atoms with Gasteiger partial charge in [0.2, 0.25) is 6.79 Å². The number of hydrogen-bond acceptors (Lipinski definition) is 6. The number of rotatable bonds is 5. The normalized spacial score (nSPS) is 14.7. The zero-order valence-electron chi connectivity index (χ0n) is 19.0. The first-order chi connectivity index (χ1) is 16.4. The molecule has 3 N–H and O–H groups in total. The lowest BCUT2D eigenvalue weighted by Crippen LogP contribution is -2.36. The van der Waals surface area contributed by atoms with Gasteiger partial charge < -0.3 is 25.2 Å². The predicted octanol–water partition coefficient (Wildman–Crippen LogP) is 4.47. The third kappa shape index (κ3) is 4.16. The minimum Gasteiger partial charge on any atom is -0.507 e. The van der Waals surface area contributed by atoms with E-state index in [1.165, 1.54) is 10.7 Å². The standard InChI is InChI=1S/C25H26N4O5/c1-14(2)26-25(32)29-20(15-4-3-5-15)12-19(28-29)18-8-7-17(11-21(18)30)27-24(31)16-6-9-22-23(10-16)34-13-33-22/h6-12,14-15,30H,3-5,13H2,1-2H3,(H,26,32)(H,27,31). The molecule has 2 heterocycles. The summed E-state index contributed by atoms with van der Waals surface area (Å²) in [4.78, 5) is 25.3. The average molecular weight is 463 g/mol. The fourth-order valence-electron chi connectivity index (χ4n) is 4.06. The van der Waals surface area contributed by atoms with Crippen molar-refractivity contribution in [2.45, 2.75) is 45.1 Å². The summed E-state index contributed by atoms with van der Waals surface area (Å²) in [6.45, 7) is 3.93. The highest BCUT2D eigenvalue weighted by Gasteiger charge is 2.28. The summed E-state index contributed by atoms with van der Waals surface area (Å²) >= 11 is 0. The smallest absolute Gasteiger partial charge is 0.342 e. The number of hydrogen-bond donors (Lipinski definition) is 3. The Bertz CT molecular complexity index is 1260. The molecule has 5 rings (SSSR count). The number of ether oxygens (including phenoxy) is 2. The van der Waals surface area contributed by atoms with E-state index in [-0.39, 0.29) is 36.4 Å². The van der Waals surface area contributed by atoms with Crippen LogP contribution in [0.3, 0.4) is 0 Å². The second-order valence-corrected chi connectivity index (χ2v) is 8.85. The third-order valence-electron chi connectivity index (χ3n) is 6.03. The SMILES string of the molecule is CC(C)NC(=O)n1nc(-c2ccc(NC(=O)c3ccc4c(c3)OCO4)cc2O)cc1C1CCC1. The van der Waals surface area contributed by atoms with E-state index in [0.717, 1.165) is 25.0 Å². The van der Waals surface area contributed by atoms with Crippen LogP contribution < -0.4 is 20.1 Å². The summed E-state index contributed by atoms with van der Waals surface area (Å²) in [6.07, 6.45) is 3.15. The van der Waals surface area contributed by atoms with Crippen LogP contribution in [-0.2, 0) is 0 Å². The van der Waals surface area contributed by atoms with Crippen molar-refractivity contribution in [1.29, 1.82) is 0 Å². The lowest BCUT2D eigenvalue weighted by atomic mass is 9.82. The van der Waals surface area contributed by atoms with Crippen LogP contribution in [0.25, 0.3) is 11.3 Å². The largest absolute Gasteiger partial charge is 0.507 e. The van der Waals surface area contributed by atoms with Gasteiger partial charge >= 0.3 is 6.03 Å². The van der Waals surface area contributed by atoms with E-state index in [9.17, 15) is 14.7 Å². The van der Waals surface area contributed by atoms with Crippen molar-refractivity contribution in [2.75, 3.05) is 12.1 Å². The van der Waals surface area contributed by atoms with Crippen molar-refractivity contribution in [3.63, 3.8) is 0 Å². The molecule has 1 aliphatic heterocycles. The van der Waals surface area contributed by atoms with Gasteiger partial charge in [-0.3, -0.25) is 4.79 Å². The molecule has 0 bridgehead atoms. The van der Waals surface area contributed by atoms with Crippen LogP contribution >= 0.6 is 0 Å². The van der Waals surface area contributed by atoms with E-state index in [2.05, 4.69) is 15.7 Å². The van der Waals surface area contributed by atoms with E-state index in [1.807, 2.05) is 19.9 Å². The summed E-state index contributed by atoms with van der Waals surface area (Å²) < 4.78 is 12.0. The van der Waals surface area contributed by atoms with Gasteiger partial charge in [0.05, 0.1) is 11.4 Å². The Morgan fingerprint density at radius 1 is 1.09 bits per heavy atom. The molecule has 0 atom stereocenters. The Balaban J connectivity index is 1.37. The molecule has 0 unspecified atom stereocenters. The van der Waals surface area contributed by atoms with Crippen LogP contribution in [0.15, 0.2) is 42.5 Å². The number of aromatic hydroxyl groups is 1. The molecule has 2 aromatic carbocycles. The molecular weight excluding hydrogens is 436 g/mol. The van der Waals surface area contributed by atoms with E-state index >= 15 is 0 Å². The maximum absolute atomic E-state index is 12.7. The molecular formula is C25H26N4O5. The quantitative estimate of drug-likeness (QED) is 0.515. The first-order valence-corrected chi connectivity index (χ1v) is 11.3. The number of nitrogens with zero attached hydrogens (tertiary/aromatic N) is 2. The van der Waals surface area contributed by atoms with Gasteiger partial charge in [-0.1, -0.05) is 6.42 Å². The molecule has 0 spiro atoms. The highest BCUT2D eigenvalue weighted by Crippen LogP contribution is 2.39. The number of benzene rings is 2. The molecule has 1 aliphatic carbocycles. The predicted molar refractivity (Wildman–Crippen MR) is 126 cm³/mol.